The fourth-order valence-electron chi connectivity index (χ4n) is 2.50. The molecule has 1 unspecified atom stereocenters. The molecule has 0 saturated carbocycles. The van der Waals surface area contributed by atoms with Gasteiger partial charge in [-0.2, -0.15) is 0 Å². The van der Waals surface area contributed by atoms with Gasteiger partial charge in [0, 0.05) is 6.04 Å². The molecule has 17 heavy (non-hydrogen) atoms. The smallest absolute Gasteiger partial charge is 0.119 e. The maximum absolute atomic E-state index is 8.74. The minimum atomic E-state index is 0.0666. The Labute approximate surface area is 103 Å². The van der Waals surface area contributed by atoms with Crippen molar-refractivity contribution in [3.8, 4) is 5.75 Å². The number of nitrogens with one attached hydrogen (secondary N) is 1. The molecule has 3 nitrogen and oxygen atoms in total. The van der Waals surface area contributed by atoms with Crippen LogP contribution < -0.4 is 10.1 Å². The highest BCUT2D eigenvalue weighted by Crippen LogP contribution is 2.32. The number of hydrogen-bond acceptors (Lipinski definition) is 3. The number of fused-ring (bicyclic) bond motifs is 1. The summed E-state index contributed by atoms with van der Waals surface area (Å²) >= 11 is 0. The Morgan fingerprint density at radius 1 is 1.47 bits per heavy atom. The van der Waals surface area contributed by atoms with Crippen LogP contribution >= 0.6 is 0 Å². The molecule has 2 rings (SSSR count). The van der Waals surface area contributed by atoms with E-state index >= 15 is 0 Å². The number of benzene rings is 1. The van der Waals surface area contributed by atoms with E-state index in [-0.39, 0.29) is 6.61 Å². The van der Waals surface area contributed by atoms with Crippen LogP contribution in [0.5, 0.6) is 5.75 Å². The van der Waals surface area contributed by atoms with Gasteiger partial charge in [-0.05, 0) is 49.1 Å². The van der Waals surface area contributed by atoms with E-state index in [0.717, 1.165) is 18.7 Å². The minimum Gasteiger partial charge on any atom is -0.491 e. The summed E-state index contributed by atoms with van der Waals surface area (Å²) in [6.07, 6.45) is 3.58. The SMILES string of the molecule is CCNC1CCCc2cc(OCCO)ccc21. The lowest BCUT2D eigenvalue weighted by atomic mass is 9.87. The topological polar surface area (TPSA) is 41.5 Å². The van der Waals surface area contributed by atoms with Gasteiger partial charge in [-0.1, -0.05) is 13.0 Å². The van der Waals surface area contributed by atoms with Gasteiger partial charge in [0.2, 0.25) is 0 Å². The highest BCUT2D eigenvalue weighted by molar-refractivity contribution is 5.39. The normalized spacial score (nSPS) is 18.8. The average molecular weight is 235 g/mol. The van der Waals surface area contributed by atoms with Crippen LogP contribution in [-0.2, 0) is 6.42 Å². The van der Waals surface area contributed by atoms with Crippen LogP contribution in [-0.4, -0.2) is 24.9 Å². The predicted molar refractivity (Wildman–Crippen MR) is 68.4 cm³/mol. The molecule has 1 aliphatic rings. The van der Waals surface area contributed by atoms with E-state index in [1.807, 2.05) is 6.07 Å². The summed E-state index contributed by atoms with van der Waals surface area (Å²) in [5.41, 5.74) is 2.80. The fourth-order valence-corrected chi connectivity index (χ4v) is 2.50. The summed E-state index contributed by atoms with van der Waals surface area (Å²) in [7, 11) is 0. The van der Waals surface area contributed by atoms with Crippen molar-refractivity contribution in [1.29, 1.82) is 0 Å². The van der Waals surface area contributed by atoms with Crippen LogP contribution in [0.4, 0.5) is 0 Å². The monoisotopic (exact) mass is 235 g/mol. The van der Waals surface area contributed by atoms with Gasteiger partial charge >= 0.3 is 0 Å². The molecule has 94 valence electrons. The highest BCUT2D eigenvalue weighted by atomic mass is 16.5. The predicted octanol–water partition coefficient (Wildman–Crippen LogP) is 2.04. The van der Waals surface area contributed by atoms with Gasteiger partial charge in [-0.15, -0.1) is 0 Å². The number of hydrogen-bond donors (Lipinski definition) is 2. The molecule has 1 aliphatic carbocycles. The molecule has 3 heteroatoms. The van der Waals surface area contributed by atoms with E-state index in [1.54, 1.807) is 0 Å². The van der Waals surface area contributed by atoms with Crippen LogP contribution in [0.1, 0.15) is 36.9 Å². The first-order valence-corrected chi connectivity index (χ1v) is 6.45. The van der Waals surface area contributed by atoms with E-state index in [1.165, 1.54) is 24.0 Å². The minimum absolute atomic E-state index is 0.0666. The van der Waals surface area contributed by atoms with Crippen molar-refractivity contribution in [3.63, 3.8) is 0 Å². The zero-order chi connectivity index (χ0) is 12.1. The van der Waals surface area contributed by atoms with Gasteiger partial charge in [0.1, 0.15) is 12.4 Å². The van der Waals surface area contributed by atoms with E-state index in [0.29, 0.717) is 12.6 Å². The summed E-state index contributed by atoms with van der Waals surface area (Å²) in [6, 6.07) is 6.78. The zero-order valence-electron chi connectivity index (χ0n) is 10.4. The highest BCUT2D eigenvalue weighted by Gasteiger charge is 2.19. The van der Waals surface area contributed by atoms with Gasteiger partial charge in [-0.25, -0.2) is 0 Å². The second-order valence-corrected chi connectivity index (χ2v) is 4.44. The zero-order valence-corrected chi connectivity index (χ0v) is 10.4. The number of aliphatic hydroxyl groups is 1. The van der Waals surface area contributed by atoms with Crippen LogP contribution in [0.3, 0.4) is 0 Å². The summed E-state index contributed by atoms with van der Waals surface area (Å²) in [4.78, 5) is 0. The molecule has 0 fully saturated rings. The maximum Gasteiger partial charge on any atom is 0.119 e. The first kappa shape index (κ1) is 12.4. The van der Waals surface area contributed by atoms with Crippen LogP contribution in [0.2, 0.25) is 0 Å². The van der Waals surface area contributed by atoms with E-state index in [2.05, 4.69) is 24.4 Å². The lowest BCUT2D eigenvalue weighted by molar-refractivity contribution is 0.201. The Hall–Kier alpha value is -1.06. The molecule has 2 N–H and O–H groups in total. The number of ether oxygens (including phenoxy) is 1. The Morgan fingerprint density at radius 2 is 2.35 bits per heavy atom. The van der Waals surface area contributed by atoms with Crippen LogP contribution in [0.25, 0.3) is 0 Å². The van der Waals surface area contributed by atoms with Gasteiger partial charge in [0.25, 0.3) is 0 Å². The van der Waals surface area contributed by atoms with E-state index in [4.69, 9.17) is 9.84 Å². The largest absolute Gasteiger partial charge is 0.491 e. The second-order valence-electron chi connectivity index (χ2n) is 4.44. The third kappa shape index (κ3) is 2.99. The summed E-state index contributed by atoms with van der Waals surface area (Å²) in [6.45, 7) is 3.59. The molecule has 0 spiro atoms. The number of aliphatic hydroxyl groups excluding tert-OH is 1. The molecule has 0 amide bonds. The lowest BCUT2D eigenvalue weighted by Crippen LogP contribution is -2.24. The average Bonchev–Trinajstić information content (AvgIpc) is 2.37. The molecule has 0 aromatic heterocycles. The van der Waals surface area contributed by atoms with Crippen molar-refractivity contribution in [2.75, 3.05) is 19.8 Å². The summed E-state index contributed by atoms with van der Waals surface area (Å²) < 4.78 is 5.45. The Bertz CT molecular complexity index is 365. The van der Waals surface area contributed by atoms with Gasteiger partial charge < -0.3 is 15.2 Å². The third-order valence-electron chi connectivity index (χ3n) is 3.24. The summed E-state index contributed by atoms with van der Waals surface area (Å²) in [5.74, 6) is 0.870. The Kier molecular flexibility index (Phi) is 4.40. The van der Waals surface area contributed by atoms with Crippen molar-refractivity contribution in [3.05, 3.63) is 29.3 Å². The van der Waals surface area contributed by atoms with E-state index < -0.39 is 0 Å². The molecule has 0 heterocycles. The molecule has 0 aliphatic heterocycles. The molecule has 0 bridgehead atoms. The standard InChI is InChI=1S/C14H21NO2/c1-2-15-14-5-3-4-11-10-12(17-9-8-16)6-7-13(11)14/h6-7,10,14-16H,2-5,8-9H2,1H3. The van der Waals surface area contributed by atoms with E-state index in [9.17, 15) is 0 Å². The second kappa shape index (κ2) is 6.03. The maximum atomic E-state index is 8.74. The first-order chi connectivity index (χ1) is 8.35. The molecule has 1 aromatic rings. The Morgan fingerprint density at radius 3 is 3.12 bits per heavy atom. The first-order valence-electron chi connectivity index (χ1n) is 6.45. The van der Waals surface area contributed by atoms with Gasteiger partial charge in [-0.3, -0.25) is 0 Å². The van der Waals surface area contributed by atoms with Crippen molar-refractivity contribution in [1.82, 2.24) is 5.32 Å². The molecule has 0 saturated heterocycles. The van der Waals surface area contributed by atoms with Gasteiger partial charge in [0.05, 0.1) is 6.61 Å². The summed E-state index contributed by atoms with van der Waals surface area (Å²) in [5, 5.41) is 12.3. The number of aryl methyl sites for hydroxylation is 1. The Balaban J connectivity index is 2.14. The molecular formula is C14H21NO2. The van der Waals surface area contributed by atoms with Crippen LogP contribution in [0.15, 0.2) is 18.2 Å². The fraction of sp³-hybridized carbons (Fsp3) is 0.571. The quantitative estimate of drug-likeness (QED) is 0.820. The van der Waals surface area contributed by atoms with Gasteiger partial charge in [0.15, 0.2) is 0 Å². The van der Waals surface area contributed by atoms with Crippen molar-refractivity contribution < 1.29 is 9.84 Å². The lowest BCUT2D eigenvalue weighted by Gasteiger charge is -2.26. The number of rotatable bonds is 5. The third-order valence-corrected chi connectivity index (χ3v) is 3.24. The van der Waals surface area contributed by atoms with Crippen molar-refractivity contribution in [2.45, 2.75) is 32.2 Å². The molecular weight excluding hydrogens is 214 g/mol. The molecule has 1 atom stereocenters. The molecule has 1 aromatic carbocycles. The van der Waals surface area contributed by atoms with Crippen molar-refractivity contribution >= 4 is 0 Å². The van der Waals surface area contributed by atoms with Crippen LogP contribution in [0, 0.1) is 0 Å². The molecule has 0 radical (unpaired) electrons. The van der Waals surface area contributed by atoms with Crippen molar-refractivity contribution in [2.24, 2.45) is 0 Å².